The smallest absolute Gasteiger partial charge is 0.148 e. The molecule has 0 aliphatic rings. The predicted molar refractivity (Wildman–Crippen MR) is 264 cm³/mol. The minimum atomic E-state index is -2.34. The summed E-state index contributed by atoms with van der Waals surface area (Å²) >= 11 is 0. The Morgan fingerprint density at radius 1 is 0.609 bits per heavy atom. The zero-order chi connectivity index (χ0) is 46.5. The Kier molecular flexibility index (Phi) is 11.4. The van der Waals surface area contributed by atoms with Gasteiger partial charge in [0.2, 0.25) is 0 Å². The van der Waals surface area contributed by atoms with E-state index in [4.69, 9.17) is 14.1 Å². The summed E-state index contributed by atoms with van der Waals surface area (Å²) in [5, 5.41) is 12.3. The second-order valence-corrected chi connectivity index (χ2v) is 18.2. The number of phenolic OH excluding ortho intramolecular Hbond substituents is 1. The standard InChI is InChI=1S/C59H54N3O.Pt/c1-37(2)44-34-50(38(3)4)57(63)52(35-44)58-61-56-49(20-15-21-55(56)62(58)54-27-22-39(5)30-51(54)42-23-25-48(26-24-42)59(6,7)8)46-31-45(41-18-13-10-14-19-41)32-47(33-46)53-36-43(28-29-60-53)40-16-11-9-12-17-40;/h9-32,34-38,63H,1-8H3;/q-1;/i5D3;. The van der Waals surface area contributed by atoms with Crippen LogP contribution in [0.2, 0.25) is 0 Å². The van der Waals surface area contributed by atoms with Crippen LogP contribution in [0.25, 0.3) is 83.9 Å². The topological polar surface area (TPSA) is 50.9 Å². The number of hydrogen-bond donors (Lipinski definition) is 1. The summed E-state index contributed by atoms with van der Waals surface area (Å²) in [6, 6.07) is 57.0. The third kappa shape index (κ3) is 8.65. The summed E-state index contributed by atoms with van der Waals surface area (Å²) in [6.45, 7) is 12.7. The van der Waals surface area contributed by atoms with Crippen LogP contribution in [0.15, 0.2) is 164 Å². The first-order valence-corrected chi connectivity index (χ1v) is 21.8. The van der Waals surface area contributed by atoms with Gasteiger partial charge in [-0.3, -0.25) is 9.55 Å². The molecule has 5 heteroatoms. The molecule has 0 atom stereocenters. The average Bonchev–Trinajstić information content (AvgIpc) is 3.70. The molecule has 0 spiro atoms. The summed E-state index contributed by atoms with van der Waals surface area (Å²) < 4.78 is 27.5. The maximum Gasteiger partial charge on any atom is 0.148 e. The number of aromatic hydroxyl groups is 1. The quantitative estimate of drug-likeness (QED) is 0.147. The first kappa shape index (κ1) is 40.4. The van der Waals surface area contributed by atoms with E-state index in [1.807, 2.05) is 60.8 Å². The van der Waals surface area contributed by atoms with Crippen LogP contribution >= 0.6 is 0 Å². The SMILES string of the molecule is [2H]C([2H])([2H])c1ccc(-n2c(-c3cc(C(C)C)cc(C(C)C)c3O)nc3c(-c4[c-]c(-c5cc(-c6ccccc6)ccn5)cc(-c5ccccc5)c4)cccc32)c(-c2ccc(C(C)(C)C)cc2)c1.[Pt]. The van der Waals surface area contributed by atoms with Gasteiger partial charge in [0.05, 0.1) is 22.3 Å². The molecule has 9 rings (SSSR count). The normalized spacial score (nSPS) is 12.5. The molecule has 0 saturated carbocycles. The minimum Gasteiger partial charge on any atom is -0.507 e. The summed E-state index contributed by atoms with van der Waals surface area (Å²) in [5.74, 6) is 0.930. The van der Waals surface area contributed by atoms with Crippen molar-refractivity contribution in [2.45, 2.75) is 72.6 Å². The van der Waals surface area contributed by atoms with Crippen LogP contribution in [0.5, 0.6) is 5.75 Å². The Bertz CT molecular complexity index is 3220. The van der Waals surface area contributed by atoms with Crippen molar-refractivity contribution in [3.63, 3.8) is 0 Å². The molecule has 0 aliphatic heterocycles. The molecular weight excluding hydrogens is 962 g/mol. The number of phenols is 1. The van der Waals surface area contributed by atoms with Gasteiger partial charge in [0.1, 0.15) is 11.6 Å². The fourth-order valence-corrected chi connectivity index (χ4v) is 8.52. The average molecular weight is 1020 g/mol. The maximum absolute atomic E-state index is 12.3. The first-order chi connectivity index (χ1) is 31.5. The predicted octanol–water partition coefficient (Wildman–Crippen LogP) is 15.8. The van der Waals surface area contributed by atoms with Gasteiger partial charge in [0.15, 0.2) is 0 Å². The Morgan fingerprint density at radius 3 is 1.95 bits per heavy atom. The van der Waals surface area contributed by atoms with E-state index >= 15 is 0 Å². The number of imidazole rings is 1. The van der Waals surface area contributed by atoms with E-state index in [9.17, 15) is 5.11 Å². The van der Waals surface area contributed by atoms with Gasteiger partial charge < -0.3 is 5.11 Å². The molecular formula is C59H54N3OPt-. The van der Waals surface area contributed by atoms with Crippen molar-refractivity contribution in [3.05, 3.63) is 192 Å². The van der Waals surface area contributed by atoms with E-state index in [1.165, 1.54) is 5.56 Å². The number of para-hydroxylation sites is 1. The molecule has 4 nitrogen and oxygen atoms in total. The summed E-state index contributed by atoms with van der Waals surface area (Å²) in [4.78, 5) is 10.4. The minimum absolute atomic E-state index is 0. The van der Waals surface area contributed by atoms with Gasteiger partial charge in [-0.1, -0.05) is 186 Å². The number of aryl methyl sites for hydroxylation is 1. The van der Waals surface area contributed by atoms with Crippen molar-refractivity contribution < 1.29 is 30.3 Å². The van der Waals surface area contributed by atoms with Crippen molar-refractivity contribution in [2.75, 3.05) is 0 Å². The van der Waals surface area contributed by atoms with E-state index < -0.39 is 6.85 Å². The van der Waals surface area contributed by atoms with E-state index in [-0.39, 0.29) is 49.6 Å². The molecule has 0 unspecified atom stereocenters. The third-order valence-corrected chi connectivity index (χ3v) is 12.1. The molecule has 2 aromatic heterocycles. The van der Waals surface area contributed by atoms with Gasteiger partial charge >= 0.3 is 0 Å². The van der Waals surface area contributed by atoms with E-state index in [1.54, 1.807) is 12.1 Å². The van der Waals surface area contributed by atoms with Gasteiger partial charge in [-0.25, -0.2) is 4.98 Å². The van der Waals surface area contributed by atoms with Gasteiger partial charge in [0.25, 0.3) is 0 Å². The van der Waals surface area contributed by atoms with Crippen LogP contribution in [0.1, 0.15) is 86.7 Å². The molecule has 322 valence electrons. The second kappa shape index (κ2) is 18.0. The van der Waals surface area contributed by atoms with Gasteiger partial charge in [0, 0.05) is 42.6 Å². The van der Waals surface area contributed by atoms with Crippen LogP contribution in [-0.2, 0) is 26.5 Å². The number of rotatable bonds is 9. The van der Waals surface area contributed by atoms with Crippen molar-refractivity contribution in [1.29, 1.82) is 0 Å². The molecule has 0 amide bonds. The molecule has 0 aliphatic carbocycles. The Morgan fingerprint density at radius 2 is 1.30 bits per heavy atom. The summed E-state index contributed by atoms with van der Waals surface area (Å²) in [7, 11) is 0. The number of aromatic nitrogens is 3. The van der Waals surface area contributed by atoms with Crippen LogP contribution in [-0.4, -0.2) is 19.6 Å². The van der Waals surface area contributed by atoms with E-state index in [0.29, 0.717) is 16.9 Å². The number of fused-ring (bicyclic) bond motifs is 1. The number of benzene rings is 7. The number of hydrogen-bond acceptors (Lipinski definition) is 3. The molecule has 9 aromatic rings. The fourth-order valence-electron chi connectivity index (χ4n) is 8.52. The van der Waals surface area contributed by atoms with Crippen molar-refractivity contribution in [1.82, 2.24) is 14.5 Å². The molecule has 0 saturated heterocycles. The van der Waals surface area contributed by atoms with Crippen molar-refractivity contribution in [3.8, 4) is 78.6 Å². The fraction of sp³-hybridized carbons (Fsp3) is 0.186. The number of nitrogens with zero attached hydrogens (tertiary/aromatic N) is 3. The Labute approximate surface area is 397 Å². The second-order valence-electron chi connectivity index (χ2n) is 18.2. The van der Waals surface area contributed by atoms with Crippen LogP contribution in [0.4, 0.5) is 0 Å². The number of pyridine rings is 1. The van der Waals surface area contributed by atoms with Crippen molar-refractivity contribution >= 4 is 11.0 Å². The van der Waals surface area contributed by atoms with Crippen LogP contribution in [0, 0.1) is 12.9 Å². The molecule has 64 heavy (non-hydrogen) atoms. The zero-order valence-corrected chi connectivity index (χ0v) is 39.6. The Balaban J connectivity index is 0.00000608. The van der Waals surface area contributed by atoms with Gasteiger partial charge in [-0.2, -0.15) is 0 Å². The monoisotopic (exact) mass is 1020 g/mol. The van der Waals surface area contributed by atoms with Gasteiger partial charge in [-0.15, -0.1) is 23.8 Å². The largest absolute Gasteiger partial charge is 0.507 e. The molecule has 0 bridgehead atoms. The molecule has 7 aromatic carbocycles. The third-order valence-electron chi connectivity index (χ3n) is 12.1. The molecule has 2 heterocycles. The molecule has 0 fully saturated rings. The molecule has 0 radical (unpaired) electrons. The Hall–Kier alpha value is -6.35. The maximum atomic E-state index is 12.3. The molecule has 1 N–H and O–H groups in total. The van der Waals surface area contributed by atoms with E-state index in [2.05, 4.69) is 150 Å². The summed E-state index contributed by atoms with van der Waals surface area (Å²) in [6.07, 6.45) is 1.85. The zero-order valence-electron chi connectivity index (χ0n) is 40.3. The van der Waals surface area contributed by atoms with Crippen LogP contribution < -0.4 is 0 Å². The first-order valence-electron chi connectivity index (χ1n) is 23.3. The summed E-state index contributed by atoms with van der Waals surface area (Å²) in [5.41, 5.74) is 15.3. The van der Waals surface area contributed by atoms with Crippen molar-refractivity contribution in [2.24, 2.45) is 0 Å². The van der Waals surface area contributed by atoms with Gasteiger partial charge in [-0.05, 0) is 93.4 Å². The van der Waals surface area contributed by atoms with E-state index in [0.717, 1.165) is 78.1 Å². The van der Waals surface area contributed by atoms with Crippen LogP contribution in [0.3, 0.4) is 0 Å².